The Balaban J connectivity index is 1.41. The molecular formula is C17H27N3O4S. The summed E-state index contributed by atoms with van der Waals surface area (Å²) in [5.41, 5.74) is 1.21. The van der Waals surface area contributed by atoms with E-state index < -0.39 is 10.2 Å². The van der Waals surface area contributed by atoms with E-state index in [0.29, 0.717) is 46.0 Å². The van der Waals surface area contributed by atoms with Gasteiger partial charge in [-0.25, -0.2) is 0 Å². The number of hydrogen-bond donors (Lipinski definition) is 0. The second-order valence-electron chi connectivity index (χ2n) is 6.42. The van der Waals surface area contributed by atoms with Gasteiger partial charge in [-0.1, -0.05) is 17.7 Å². The average molecular weight is 369 g/mol. The van der Waals surface area contributed by atoms with Crippen LogP contribution in [0.2, 0.25) is 0 Å². The normalized spacial score (nSPS) is 21.3. The molecule has 0 atom stereocenters. The number of benzene rings is 1. The van der Waals surface area contributed by atoms with Gasteiger partial charge in [-0.2, -0.15) is 17.0 Å². The number of rotatable bonds is 6. The Hall–Kier alpha value is -1.19. The Labute approximate surface area is 150 Å². The Morgan fingerprint density at radius 2 is 1.56 bits per heavy atom. The molecule has 2 aliphatic heterocycles. The fourth-order valence-electron chi connectivity index (χ4n) is 3.05. The van der Waals surface area contributed by atoms with Gasteiger partial charge in [0.15, 0.2) is 0 Å². The standard InChI is InChI=1S/C17H27N3O4S/c1-16-2-4-17(5-3-16)24-15-10-18-6-8-19(9-7-18)25(21,22)20-11-13-23-14-12-20/h2-5H,6-15H2,1H3. The van der Waals surface area contributed by atoms with E-state index in [0.717, 1.165) is 25.4 Å². The first kappa shape index (κ1) is 18.6. The zero-order valence-electron chi connectivity index (χ0n) is 14.8. The number of piperazine rings is 1. The number of morpholine rings is 1. The summed E-state index contributed by atoms with van der Waals surface area (Å²) in [7, 11) is -3.35. The van der Waals surface area contributed by atoms with Crippen LogP contribution in [0.4, 0.5) is 0 Å². The molecule has 2 aliphatic rings. The van der Waals surface area contributed by atoms with E-state index in [4.69, 9.17) is 9.47 Å². The molecule has 0 aromatic heterocycles. The first-order chi connectivity index (χ1) is 12.1. The topological polar surface area (TPSA) is 62.3 Å². The predicted molar refractivity (Wildman–Crippen MR) is 96.0 cm³/mol. The Morgan fingerprint density at radius 1 is 0.960 bits per heavy atom. The van der Waals surface area contributed by atoms with Crippen LogP contribution in [0.5, 0.6) is 5.75 Å². The highest BCUT2D eigenvalue weighted by Gasteiger charge is 2.33. The minimum absolute atomic E-state index is 0.451. The van der Waals surface area contributed by atoms with Gasteiger partial charge in [0.25, 0.3) is 10.2 Å². The van der Waals surface area contributed by atoms with E-state index in [9.17, 15) is 8.42 Å². The molecule has 0 N–H and O–H groups in total. The molecule has 0 spiro atoms. The van der Waals surface area contributed by atoms with Crippen LogP contribution in [0.25, 0.3) is 0 Å². The van der Waals surface area contributed by atoms with Crippen molar-refractivity contribution < 1.29 is 17.9 Å². The summed E-state index contributed by atoms with van der Waals surface area (Å²) in [5, 5.41) is 0. The molecule has 0 saturated carbocycles. The number of ether oxygens (including phenoxy) is 2. The largest absolute Gasteiger partial charge is 0.492 e. The molecule has 1 aromatic rings. The van der Waals surface area contributed by atoms with E-state index in [1.165, 1.54) is 9.87 Å². The average Bonchev–Trinajstić information content (AvgIpc) is 2.64. The van der Waals surface area contributed by atoms with Gasteiger partial charge in [-0.15, -0.1) is 0 Å². The van der Waals surface area contributed by atoms with E-state index in [1.54, 1.807) is 4.31 Å². The van der Waals surface area contributed by atoms with E-state index in [2.05, 4.69) is 4.90 Å². The molecule has 2 fully saturated rings. The zero-order chi connectivity index (χ0) is 17.7. The number of aryl methyl sites for hydroxylation is 1. The van der Waals surface area contributed by atoms with Crippen LogP contribution in [0.15, 0.2) is 24.3 Å². The highest BCUT2D eigenvalue weighted by atomic mass is 32.2. The van der Waals surface area contributed by atoms with Crippen molar-refractivity contribution in [2.45, 2.75) is 6.92 Å². The number of hydrogen-bond acceptors (Lipinski definition) is 5. The summed E-state index contributed by atoms with van der Waals surface area (Å²) in [6.07, 6.45) is 0. The lowest BCUT2D eigenvalue weighted by atomic mass is 10.2. The van der Waals surface area contributed by atoms with Crippen molar-refractivity contribution in [3.63, 3.8) is 0 Å². The zero-order valence-corrected chi connectivity index (χ0v) is 15.6. The molecular weight excluding hydrogens is 342 g/mol. The van der Waals surface area contributed by atoms with Crippen molar-refractivity contribution in [1.82, 2.24) is 13.5 Å². The molecule has 0 unspecified atom stereocenters. The molecule has 8 heteroatoms. The predicted octanol–water partition coefficient (Wildman–Crippen LogP) is 0.568. The SMILES string of the molecule is Cc1ccc(OCCN2CCN(S(=O)(=O)N3CCOCC3)CC2)cc1. The fraction of sp³-hybridized carbons (Fsp3) is 0.647. The summed E-state index contributed by atoms with van der Waals surface area (Å²) in [6.45, 7) is 7.87. The Kier molecular flexibility index (Phi) is 6.29. The van der Waals surface area contributed by atoms with Crippen LogP contribution in [0.1, 0.15) is 5.56 Å². The van der Waals surface area contributed by atoms with Crippen LogP contribution >= 0.6 is 0 Å². The Bertz CT molecular complexity index is 636. The van der Waals surface area contributed by atoms with Gasteiger partial charge in [0.05, 0.1) is 13.2 Å². The molecule has 140 valence electrons. The van der Waals surface area contributed by atoms with Crippen LogP contribution < -0.4 is 4.74 Å². The van der Waals surface area contributed by atoms with Gasteiger partial charge in [-0.05, 0) is 19.1 Å². The van der Waals surface area contributed by atoms with Gasteiger partial charge in [0, 0.05) is 45.8 Å². The molecule has 0 amide bonds. The van der Waals surface area contributed by atoms with Gasteiger partial charge >= 0.3 is 0 Å². The lowest BCUT2D eigenvalue weighted by Crippen LogP contribution is -2.55. The van der Waals surface area contributed by atoms with Crippen LogP contribution in [-0.2, 0) is 14.9 Å². The Morgan fingerprint density at radius 3 is 2.20 bits per heavy atom. The third-order valence-corrected chi connectivity index (χ3v) is 6.69. The number of nitrogens with zero attached hydrogens (tertiary/aromatic N) is 3. The van der Waals surface area contributed by atoms with Crippen molar-refractivity contribution in [3.05, 3.63) is 29.8 Å². The minimum Gasteiger partial charge on any atom is -0.492 e. The van der Waals surface area contributed by atoms with Gasteiger partial charge < -0.3 is 9.47 Å². The molecule has 1 aromatic carbocycles. The van der Waals surface area contributed by atoms with Gasteiger partial charge in [-0.3, -0.25) is 4.90 Å². The lowest BCUT2D eigenvalue weighted by molar-refractivity contribution is 0.0682. The molecule has 7 nitrogen and oxygen atoms in total. The summed E-state index contributed by atoms with van der Waals surface area (Å²) in [5.74, 6) is 0.874. The van der Waals surface area contributed by atoms with Crippen LogP contribution in [0.3, 0.4) is 0 Å². The maximum Gasteiger partial charge on any atom is 0.282 e. The smallest absolute Gasteiger partial charge is 0.282 e. The van der Waals surface area contributed by atoms with Crippen molar-refractivity contribution in [2.24, 2.45) is 0 Å². The first-order valence-electron chi connectivity index (χ1n) is 8.80. The van der Waals surface area contributed by atoms with Crippen molar-refractivity contribution in [3.8, 4) is 5.75 Å². The first-order valence-corrected chi connectivity index (χ1v) is 10.2. The lowest BCUT2D eigenvalue weighted by Gasteiger charge is -2.37. The maximum atomic E-state index is 12.6. The molecule has 25 heavy (non-hydrogen) atoms. The summed E-state index contributed by atoms with van der Waals surface area (Å²) in [6, 6.07) is 8.01. The van der Waals surface area contributed by atoms with Gasteiger partial charge in [0.1, 0.15) is 12.4 Å². The summed E-state index contributed by atoms with van der Waals surface area (Å²) < 4.78 is 39.4. The van der Waals surface area contributed by atoms with Gasteiger partial charge in [0.2, 0.25) is 0 Å². The molecule has 0 bridgehead atoms. The molecule has 0 aliphatic carbocycles. The van der Waals surface area contributed by atoms with E-state index >= 15 is 0 Å². The minimum atomic E-state index is -3.35. The third-order valence-electron chi connectivity index (χ3n) is 4.65. The second-order valence-corrected chi connectivity index (χ2v) is 8.35. The summed E-state index contributed by atoms with van der Waals surface area (Å²) in [4.78, 5) is 2.25. The maximum absolute atomic E-state index is 12.6. The van der Waals surface area contributed by atoms with E-state index in [-0.39, 0.29) is 0 Å². The fourth-order valence-corrected chi connectivity index (χ4v) is 4.61. The molecule has 2 heterocycles. The highest BCUT2D eigenvalue weighted by Crippen LogP contribution is 2.14. The van der Waals surface area contributed by atoms with Crippen LogP contribution in [-0.4, -0.2) is 87.6 Å². The summed E-state index contributed by atoms with van der Waals surface area (Å²) >= 11 is 0. The second kappa shape index (κ2) is 8.46. The van der Waals surface area contributed by atoms with Crippen molar-refractivity contribution >= 4 is 10.2 Å². The molecule has 3 rings (SSSR count). The van der Waals surface area contributed by atoms with Crippen molar-refractivity contribution in [2.75, 3.05) is 65.6 Å². The quantitative estimate of drug-likeness (QED) is 0.734. The molecule has 0 radical (unpaired) electrons. The molecule has 2 saturated heterocycles. The van der Waals surface area contributed by atoms with Crippen LogP contribution in [0, 0.1) is 6.92 Å². The monoisotopic (exact) mass is 369 g/mol. The van der Waals surface area contributed by atoms with E-state index in [1.807, 2.05) is 31.2 Å². The highest BCUT2D eigenvalue weighted by molar-refractivity contribution is 7.86. The van der Waals surface area contributed by atoms with Crippen molar-refractivity contribution in [1.29, 1.82) is 0 Å². The third kappa shape index (κ3) is 4.92.